The molecule has 0 unspecified atom stereocenters. The number of alkyl halides is 3. The highest BCUT2D eigenvalue weighted by Gasteiger charge is 2.26. The Hall–Kier alpha value is -1.59. The number of guanidine groups is 1. The molecule has 0 aliphatic carbocycles. The lowest BCUT2D eigenvalue weighted by Gasteiger charge is -2.12. The maximum absolute atomic E-state index is 13.4. The molecule has 0 bridgehead atoms. The zero-order valence-corrected chi connectivity index (χ0v) is 16.9. The fraction of sp³-hybridized carbons (Fsp3) is 0.500. The molecule has 26 heavy (non-hydrogen) atoms. The quantitative estimate of drug-likeness (QED) is 0.181. The van der Waals surface area contributed by atoms with E-state index in [-0.39, 0.29) is 55.1 Å². The molecule has 0 atom stereocenters. The van der Waals surface area contributed by atoms with Crippen molar-refractivity contribution in [2.24, 2.45) is 4.99 Å². The van der Waals surface area contributed by atoms with E-state index in [0.717, 1.165) is 6.07 Å². The van der Waals surface area contributed by atoms with Crippen molar-refractivity contribution in [1.82, 2.24) is 16.0 Å². The van der Waals surface area contributed by atoms with E-state index in [4.69, 9.17) is 0 Å². The molecule has 0 aliphatic rings. The predicted molar refractivity (Wildman–Crippen MR) is 104 cm³/mol. The normalized spacial score (nSPS) is 11.5. The summed E-state index contributed by atoms with van der Waals surface area (Å²) in [7, 11) is 0. The molecular weight excluding hydrogens is 467 g/mol. The molecule has 0 heterocycles. The second kappa shape index (κ2) is 11.9. The zero-order valence-electron chi connectivity index (χ0n) is 14.5. The Morgan fingerprint density at radius 2 is 1.81 bits per heavy atom. The van der Waals surface area contributed by atoms with Crippen LogP contribution in [0.2, 0.25) is 0 Å². The van der Waals surface area contributed by atoms with Gasteiger partial charge < -0.3 is 16.0 Å². The molecule has 0 saturated heterocycles. The van der Waals surface area contributed by atoms with Crippen molar-refractivity contribution in [3.8, 4) is 0 Å². The van der Waals surface area contributed by atoms with Crippen LogP contribution in [0.5, 0.6) is 0 Å². The number of carbonyl (C=O) groups is 1. The lowest BCUT2D eigenvalue weighted by molar-refractivity contribution is -0.132. The van der Waals surface area contributed by atoms with Crippen molar-refractivity contribution in [3.05, 3.63) is 35.1 Å². The highest BCUT2D eigenvalue weighted by molar-refractivity contribution is 14.0. The Kier molecular flexibility index (Phi) is 11.2. The van der Waals surface area contributed by atoms with Crippen LogP contribution in [0.25, 0.3) is 0 Å². The minimum Gasteiger partial charge on any atom is -0.357 e. The highest BCUT2D eigenvalue weighted by atomic mass is 127. The smallest absolute Gasteiger partial charge is 0.357 e. The van der Waals surface area contributed by atoms with E-state index in [2.05, 4.69) is 20.9 Å². The number of benzene rings is 1. The molecule has 0 aliphatic heterocycles. The number of rotatable bonds is 7. The van der Waals surface area contributed by atoms with Crippen LogP contribution in [-0.2, 0) is 0 Å². The minimum absolute atomic E-state index is 0. The first kappa shape index (κ1) is 24.4. The molecule has 10 heteroatoms. The number of nitrogens with one attached hydrogen (secondary N) is 3. The first-order valence-corrected chi connectivity index (χ1v) is 7.86. The molecule has 0 radical (unpaired) electrons. The van der Waals surface area contributed by atoms with Crippen molar-refractivity contribution in [2.75, 3.05) is 26.2 Å². The van der Waals surface area contributed by atoms with E-state index in [9.17, 15) is 22.4 Å². The summed E-state index contributed by atoms with van der Waals surface area (Å²) in [5, 5.41) is 8.22. The molecule has 1 aromatic rings. The van der Waals surface area contributed by atoms with Gasteiger partial charge in [-0.2, -0.15) is 13.2 Å². The predicted octanol–water partition coefficient (Wildman–Crippen LogP) is 2.99. The zero-order chi connectivity index (χ0) is 18.9. The summed E-state index contributed by atoms with van der Waals surface area (Å²) in [6, 6.07) is 4.18. The van der Waals surface area contributed by atoms with Gasteiger partial charge >= 0.3 is 6.18 Å². The molecule has 1 amide bonds. The Morgan fingerprint density at radius 1 is 1.15 bits per heavy atom. The Balaban J connectivity index is 0.00000625. The second-order valence-electron chi connectivity index (χ2n) is 5.27. The summed E-state index contributed by atoms with van der Waals surface area (Å²) in [6.45, 7) is 3.96. The largest absolute Gasteiger partial charge is 0.390 e. The fourth-order valence-corrected chi connectivity index (χ4v) is 1.83. The average molecular weight is 490 g/mol. The number of halogens is 5. The highest BCUT2D eigenvalue weighted by Crippen LogP contribution is 2.18. The molecular formula is C16H23F4IN4O. The van der Waals surface area contributed by atoms with Crippen molar-refractivity contribution >= 4 is 35.8 Å². The van der Waals surface area contributed by atoms with Gasteiger partial charge in [0.15, 0.2) is 5.96 Å². The lowest BCUT2D eigenvalue weighted by Crippen LogP contribution is -2.41. The van der Waals surface area contributed by atoms with Crippen LogP contribution < -0.4 is 16.0 Å². The molecule has 148 valence electrons. The van der Waals surface area contributed by atoms with Gasteiger partial charge in [0, 0.05) is 25.2 Å². The Bertz CT molecular complexity index is 608. The van der Waals surface area contributed by atoms with Crippen LogP contribution in [0.3, 0.4) is 0 Å². The monoisotopic (exact) mass is 490 g/mol. The maximum atomic E-state index is 13.4. The van der Waals surface area contributed by atoms with Gasteiger partial charge in [-0.05, 0) is 31.5 Å². The van der Waals surface area contributed by atoms with Gasteiger partial charge in [0.1, 0.15) is 5.82 Å². The van der Waals surface area contributed by atoms with Gasteiger partial charge in [-0.1, -0.05) is 6.07 Å². The number of aliphatic imine (C=N–C) groups is 1. The van der Waals surface area contributed by atoms with E-state index < -0.39 is 24.3 Å². The third-order valence-electron chi connectivity index (χ3n) is 3.15. The van der Waals surface area contributed by atoms with E-state index in [1.807, 2.05) is 0 Å². The fourth-order valence-electron chi connectivity index (χ4n) is 1.83. The lowest BCUT2D eigenvalue weighted by atomic mass is 10.1. The summed E-state index contributed by atoms with van der Waals surface area (Å²) >= 11 is 0. The number of carbonyl (C=O) groups excluding carboxylic acids is 1. The Morgan fingerprint density at radius 3 is 2.38 bits per heavy atom. The maximum Gasteiger partial charge on any atom is 0.390 e. The molecule has 0 saturated carbocycles. The minimum atomic E-state index is -4.25. The second-order valence-corrected chi connectivity index (χ2v) is 5.27. The third-order valence-corrected chi connectivity index (χ3v) is 3.15. The molecule has 1 aromatic carbocycles. The SMILES string of the molecule is CCNC(=NCCC(F)(F)F)NCCNC(=O)c1ccc(C)c(F)c1.I. The van der Waals surface area contributed by atoms with E-state index in [0.29, 0.717) is 12.1 Å². The van der Waals surface area contributed by atoms with Crippen LogP contribution in [-0.4, -0.2) is 44.2 Å². The topological polar surface area (TPSA) is 65.5 Å². The van der Waals surface area contributed by atoms with Crippen LogP contribution in [0.4, 0.5) is 17.6 Å². The third kappa shape index (κ3) is 9.78. The Labute approximate surface area is 167 Å². The molecule has 0 aromatic heterocycles. The van der Waals surface area contributed by atoms with Crippen LogP contribution in [0.1, 0.15) is 29.3 Å². The van der Waals surface area contributed by atoms with Gasteiger partial charge in [0.25, 0.3) is 5.91 Å². The van der Waals surface area contributed by atoms with Gasteiger partial charge in [-0.15, -0.1) is 24.0 Å². The van der Waals surface area contributed by atoms with Crippen LogP contribution in [0, 0.1) is 12.7 Å². The first-order valence-electron chi connectivity index (χ1n) is 7.86. The average Bonchev–Trinajstić information content (AvgIpc) is 2.52. The first-order chi connectivity index (χ1) is 11.7. The molecule has 3 N–H and O–H groups in total. The van der Waals surface area contributed by atoms with E-state index >= 15 is 0 Å². The number of aryl methyl sites for hydroxylation is 1. The van der Waals surface area contributed by atoms with E-state index in [1.54, 1.807) is 13.8 Å². The summed E-state index contributed by atoms with van der Waals surface area (Å²) in [6.07, 6.45) is -5.25. The molecule has 5 nitrogen and oxygen atoms in total. The standard InChI is InChI=1S/C16H22F4N4O.HI/c1-3-21-15(23-7-6-16(18,19)20)24-9-8-22-14(25)12-5-4-11(2)13(17)10-12;/h4-5,10H,3,6-9H2,1-2H3,(H,22,25)(H2,21,23,24);1H. The number of amides is 1. The van der Waals surface area contributed by atoms with Gasteiger partial charge in [-0.3, -0.25) is 9.79 Å². The molecule has 1 rings (SSSR count). The summed E-state index contributed by atoms with van der Waals surface area (Å²) < 4.78 is 49.8. The number of hydrogen-bond acceptors (Lipinski definition) is 2. The molecule has 0 fully saturated rings. The van der Waals surface area contributed by atoms with Crippen molar-refractivity contribution in [3.63, 3.8) is 0 Å². The van der Waals surface area contributed by atoms with Crippen LogP contribution in [0.15, 0.2) is 23.2 Å². The summed E-state index contributed by atoms with van der Waals surface area (Å²) in [4.78, 5) is 15.7. The molecule has 0 spiro atoms. The number of hydrogen-bond donors (Lipinski definition) is 3. The van der Waals surface area contributed by atoms with Crippen molar-refractivity contribution in [1.29, 1.82) is 0 Å². The number of nitrogens with zero attached hydrogens (tertiary/aromatic N) is 1. The van der Waals surface area contributed by atoms with Gasteiger partial charge in [-0.25, -0.2) is 4.39 Å². The summed E-state index contributed by atoms with van der Waals surface area (Å²) in [5.41, 5.74) is 0.650. The van der Waals surface area contributed by atoms with Crippen molar-refractivity contribution < 1.29 is 22.4 Å². The van der Waals surface area contributed by atoms with E-state index in [1.165, 1.54) is 12.1 Å². The van der Waals surface area contributed by atoms with Crippen molar-refractivity contribution in [2.45, 2.75) is 26.4 Å². The van der Waals surface area contributed by atoms with Crippen LogP contribution >= 0.6 is 24.0 Å². The van der Waals surface area contributed by atoms with Gasteiger partial charge in [0.05, 0.1) is 13.0 Å². The van der Waals surface area contributed by atoms with Gasteiger partial charge in [0.2, 0.25) is 0 Å². The summed E-state index contributed by atoms with van der Waals surface area (Å²) in [5.74, 6) is -0.654.